The Bertz CT molecular complexity index is 761. The lowest BCUT2D eigenvalue weighted by Gasteiger charge is -2.40. The van der Waals surface area contributed by atoms with Gasteiger partial charge >= 0.3 is 6.09 Å². The monoisotopic (exact) mass is 436 g/mol. The lowest BCUT2D eigenvalue weighted by atomic mass is 10.1. The van der Waals surface area contributed by atoms with Gasteiger partial charge in [-0.1, -0.05) is 0 Å². The number of hydrogen-bond donors (Lipinski definition) is 2. The molecule has 11 heteroatoms. The van der Waals surface area contributed by atoms with Gasteiger partial charge in [0.05, 0.1) is 19.3 Å². The van der Waals surface area contributed by atoms with Crippen molar-refractivity contribution in [3.8, 4) is 0 Å². The molecule has 0 radical (unpaired) electrons. The molecule has 3 rings (SSSR count). The van der Waals surface area contributed by atoms with E-state index in [0.29, 0.717) is 25.6 Å². The summed E-state index contributed by atoms with van der Waals surface area (Å²) < 4.78 is 12.8. The molecule has 0 saturated carbocycles. The SMILES string of the molecule is Cc1nnc(CN=C(NCCN2CCOCC2)NC2CN(C(=O)OC(C)(C)C)C2)n1C. The van der Waals surface area contributed by atoms with Crippen molar-refractivity contribution in [1.29, 1.82) is 0 Å². The Balaban J connectivity index is 1.52. The van der Waals surface area contributed by atoms with Crippen molar-refractivity contribution >= 4 is 12.1 Å². The molecule has 1 aromatic heterocycles. The normalized spacial score (nSPS) is 18.6. The maximum Gasteiger partial charge on any atom is 0.410 e. The minimum atomic E-state index is -0.489. The van der Waals surface area contributed by atoms with Crippen LogP contribution in [-0.2, 0) is 23.1 Å². The van der Waals surface area contributed by atoms with Crippen molar-refractivity contribution < 1.29 is 14.3 Å². The quantitative estimate of drug-likeness (QED) is 0.478. The highest BCUT2D eigenvalue weighted by atomic mass is 16.6. The van der Waals surface area contributed by atoms with E-state index in [9.17, 15) is 4.79 Å². The van der Waals surface area contributed by atoms with Gasteiger partial charge in [0.15, 0.2) is 11.8 Å². The number of nitrogens with zero attached hydrogens (tertiary/aromatic N) is 6. The molecular weight excluding hydrogens is 400 g/mol. The lowest BCUT2D eigenvalue weighted by Crippen LogP contribution is -2.63. The molecule has 2 saturated heterocycles. The van der Waals surface area contributed by atoms with Crippen molar-refractivity contribution in [2.45, 2.75) is 45.9 Å². The molecule has 31 heavy (non-hydrogen) atoms. The fraction of sp³-hybridized carbons (Fsp3) is 0.800. The van der Waals surface area contributed by atoms with E-state index < -0.39 is 5.60 Å². The van der Waals surface area contributed by atoms with Crippen LogP contribution in [0.1, 0.15) is 32.4 Å². The van der Waals surface area contributed by atoms with Gasteiger partial charge in [0.2, 0.25) is 0 Å². The first-order valence-electron chi connectivity index (χ1n) is 10.9. The standard InChI is InChI=1S/C20H36N8O3/c1-15-24-25-17(26(15)5)12-22-18(21-6-7-27-8-10-30-11-9-27)23-16-13-28(14-16)19(29)31-20(2,3)4/h16H,6-14H2,1-5H3,(H2,21,22,23). The number of carbonyl (C=O) groups is 1. The second-order valence-corrected chi connectivity index (χ2v) is 8.99. The van der Waals surface area contributed by atoms with Gasteiger partial charge in [0, 0.05) is 46.3 Å². The van der Waals surface area contributed by atoms with Gasteiger partial charge in [0.25, 0.3) is 0 Å². The van der Waals surface area contributed by atoms with E-state index in [2.05, 4.69) is 25.7 Å². The number of morpholine rings is 1. The van der Waals surface area contributed by atoms with Crippen molar-refractivity contribution in [3.05, 3.63) is 11.6 Å². The number of likely N-dealkylation sites (tertiary alicyclic amines) is 1. The molecule has 0 unspecified atom stereocenters. The zero-order chi connectivity index (χ0) is 22.4. The minimum Gasteiger partial charge on any atom is -0.444 e. The summed E-state index contributed by atoms with van der Waals surface area (Å²) in [4.78, 5) is 20.9. The molecule has 2 fully saturated rings. The van der Waals surface area contributed by atoms with Crippen molar-refractivity contribution in [2.24, 2.45) is 12.0 Å². The highest BCUT2D eigenvalue weighted by Crippen LogP contribution is 2.15. The van der Waals surface area contributed by atoms with Crippen LogP contribution >= 0.6 is 0 Å². The number of hydrogen-bond acceptors (Lipinski definition) is 7. The van der Waals surface area contributed by atoms with E-state index in [1.54, 1.807) is 4.90 Å². The topological polar surface area (TPSA) is 109 Å². The second kappa shape index (κ2) is 10.3. The van der Waals surface area contributed by atoms with Crippen LogP contribution in [0.4, 0.5) is 4.79 Å². The largest absolute Gasteiger partial charge is 0.444 e. The van der Waals surface area contributed by atoms with Crippen LogP contribution in [-0.4, -0.2) is 101 Å². The summed E-state index contributed by atoms with van der Waals surface area (Å²) in [6, 6.07) is 0.128. The summed E-state index contributed by atoms with van der Waals surface area (Å²) in [6.45, 7) is 14.3. The Labute approximate surface area is 184 Å². The van der Waals surface area contributed by atoms with Gasteiger partial charge in [-0.25, -0.2) is 9.79 Å². The number of ether oxygens (including phenoxy) is 2. The molecule has 11 nitrogen and oxygen atoms in total. The number of aliphatic imine (C=N–C) groups is 1. The first-order valence-corrected chi connectivity index (χ1v) is 10.9. The molecule has 0 atom stereocenters. The van der Waals surface area contributed by atoms with Crippen molar-refractivity contribution in [3.63, 3.8) is 0 Å². The van der Waals surface area contributed by atoms with Gasteiger partial charge in [-0.3, -0.25) is 4.90 Å². The molecule has 0 spiro atoms. The number of rotatable bonds is 6. The summed E-state index contributed by atoms with van der Waals surface area (Å²) >= 11 is 0. The average molecular weight is 437 g/mol. The van der Waals surface area contributed by atoms with Crippen molar-refractivity contribution in [1.82, 2.24) is 35.2 Å². The van der Waals surface area contributed by atoms with E-state index in [1.807, 2.05) is 39.3 Å². The van der Waals surface area contributed by atoms with E-state index in [-0.39, 0.29) is 12.1 Å². The predicted molar refractivity (Wildman–Crippen MR) is 117 cm³/mol. The molecule has 1 aromatic rings. The molecule has 2 aliphatic heterocycles. The van der Waals surface area contributed by atoms with Crippen molar-refractivity contribution in [2.75, 3.05) is 52.5 Å². The molecule has 0 aliphatic carbocycles. The summed E-state index contributed by atoms with van der Waals surface area (Å²) in [5, 5.41) is 15.1. The fourth-order valence-corrected chi connectivity index (χ4v) is 3.29. The third kappa shape index (κ3) is 7.06. The second-order valence-electron chi connectivity index (χ2n) is 8.99. The number of nitrogens with one attached hydrogen (secondary N) is 2. The molecule has 2 aliphatic rings. The average Bonchev–Trinajstić information content (AvgIpc) is 2.99. The number of carbonyl (C=O) groups excluding carboxylic acids is 1. The third-order valence-corrected chi connectivity index (χ3v) is 5.26. The third-order valence-electron chi connectivity index (χ3n) is 5.26. The van der Waals surface area contributed by atoms with E-state index in [0.717, 1.165) is 51.0 Å². The van der Waals surface area contributed by atoms with Crippen LogP contribution in [0.2, 0.25) is 0 Å². The molecular formula is C20H36N8O3. The Morgan fingerprint density at radius 3 is 2.58 bits per heavy atom. The van der Waals surface area contributed by atoms with E-state index >= 15 is 0 Å². The van der Waals surface area contributed by atoms with Crippen LogP contribution in [0.15, 0.2) is 4.99 Å². The van der Waals surface area contributed by atoms with Gasteiger partial charge in [0.1, 0.15) is 18.0 Å². The molecule has 1 amide bonds. The Morgan fingerprint density at radius 2 is 1.97 bits per heavy atom. The maximum atomic E-state index is 12.2. The number of guanidine groups is 1. The van der Waals surface area contributed by atoms with Crippen LogP contribution in [0.25, 0.3) is 0 Å². The first-order chi connectivity index (χ1) is 14.7. The zero-order valence-corrected chi connectivity index (χ0v) is 19.3. The number of amides is 1. The molecule has 3 heterocycles. The van der Waals surface area contributed by atoms with Gasteiger partial charge in [-0.05, 0) is 27.7 Å². The Hall–Kier alpha value is -2.40. The summed E-state index contributed by atoms with van der Waals surface area (Å²) in [5.74, 6) is 2.37. The summed E-state index contributed by atoms with van der Waals surface area (Å²) in [5.41, 5.74) is -0.489. The Kier molecular flexibility index (Phi) is 7.71. The fourth-order valence-electron chi connectivity index (χ4n) is 3.29. The van der Waals surface area contributed by atoms with Gasteiger partial charge in [-0.2, -0.15) is 0 Å². The molecule has 0 aromatic carbocycles. The number of aromatic nitrogens is 3. The van der Waals surface area contributed by atoms with E-state index in [4.69, 9.17) is 14.5 Å². The van der Waals surface area contributed by atoms with E-state index in [1.165, 1.54) is 0 Å². The summed E-state index contributed by atoms with van der Waals surface area (Å²) in [7, 11) is 1.93. The van der Waals surface area contributed by atoms with Crippen LogP contribution in [0, 0.1) is 6.92 Å². The van der Waals surface area contributed by atoms with Gasteiger partial charge in [-0.15, -0.1) is 10.2 Å². The highest BCUT2D eigenvalue weighted by Gasteiger charge is 2.34. The number of aryl methyl sites for hydroxylation is 1. The Morgan fingerprint density at radius 1 is 1.26 bits per heavy atom. The molecule has 0 bridgehead atoms. The first kappa shape index (κ1) is 23.3. The summed E-state index contributed by atoms with van der Waals surface area (Å²) in [6.07, 6.45) is -0.279. The smallest absolute Gasteiger partial charge is 0.410 e. The van der Waals surface area contributed by atoms with Crippen LogP contribution < -0.4 is 10.6 Å². The van der Waals surface area contributed by atoms with Crippen LogP contribution in [0.5, 0.6) is 0 Å². The lowest BCUT2D eigenvalue weighted by molar-refractivity contribution is 0.00698. The predicted octanol–water partition coefficient (Wildman–Crippen LogP) is 0.110. The van der Waals surface area contributed by atoms with Gasteiger partial charge < -0.3 is 29.6 Å². The molecule has 2 N–H and O–H groups in total. The van der Waals surface area contributed by atoms with Crippen LogP contribution in [0.3, 0.4) is 0 Å². The molecule has 174 valence electrons. The zero-order valence-electron chi connectivity index (χ0n) is 19.3. The maximum absolute atomic E-state index is 12.2. The highest BCUT2D eigenvalue weighted by molar-refractivity contribution is 5.80. The minimum absolute atomic E-state index is 0.128.